The zero-order chi connectivity index (χ0) is 20.3. The van der Waals surface area contributed by atoms with Crippen LogP contribution in [-0.2, 0) is 19.6 Å². The standard InChI is InChI=1S/C19H17N3O5S/c1-27-16-10-9-14(22-18(23)7-4-8-19(22)24)11-17(16)28(25,26)21-15-6-3-2-5-13(15)12-20/h2-3,5-6,9-11,21H,4,7-8H2,1H3. The first-order valence-corrected chi connectivity index (χ1v) is 9.91. The minimum Gasteiger partial charge on any atom is -0.495 e. The minimum atomic E-state index is -4.16. The molecule has 0 unspecified atom stereocenters. The van der Waals surface area contributed by atoms with Gasteiger partial charge in [-0.2, -0.15) is 5.26 Å². The number of hydrogen-bond acceptors (Lipinski definition) is 6. The monoisotopic (exact) mass is 399 g/mol. The number of nitrogens with zero attached hydrogens (tertiary/aromatic N) is 2. The van der Waals surface area contributed by atoms with Gasteiger partial charge in [0.25, 0.3) is 10.0 Å². The van der Waals surface area contributed by atoms with Gasteiger partial charge >= 0.3 is 0 Å². The van der Waals surface area contributed by atoms with Crippen molar-refractivity contribution in [3.8, 4) is 11.8 Å². The third-order valence-electron chi connectivity index (χ3n) is 4.27. The Kier molecular flexibility index (Phi) is 5.33. The maximum absolute atomic E-state index is 13.0. The van der Waals surface area contributed by atoms with Gasteiger partial charge in [0, 0.05) is 12.8 Å². The summed E-state index contributed by atoms with van der Waals surface area (Å²) in [5, 5.41) is 9.17. The van der Waals surface area contributed by atoms with Crippen LogP contribution in [0.5, 0.6) is 5.75 Å². The van der Waals surface area contributed by atoms with E-state index in [4.69, 9.17) is 10.00 Å². The average molecular weight is 399 g/mol. The number of methoxy groups -OCH3 is 1. The molecule has 0 spiro atoms. The van der Waals surface area contributed by atoms with Crippen LogP contribution in [0.1, 0.15) is 24.8 Å². The molecule has 1 saturated heterocycles. The van der Waals surface area contributed by atoms with Crippen LogP contribution in [0.15, 0.2) is 47.4 Å². The van der Waals surface area contributed by atoms with E-state index < -0.39 is 10.0 Å². The van der Waals surface area contributed by atoms with Crippen molar-refractivity contribution in [2.75, 3.05) is 16.7 Å². The average Bonchev–Trinajstić information content (AvgIpc) is 2.68. The molecule has 8 nitrogen and oxygen atoms in total. The number of anilines is 2. The first kappa shape index (κ1) is 19.4. The molecule has 2 aromatic rings. The number of amides is 2. The van der Waals surface area contributed by atoms with Crippen molar-refractivity contribution in [3.63, 3.8) is 0 Å². The van der Waals surface area contributed by atoms with E-state index in [0.717, 1.165) is 4.90 Å². The summed E-state index contributed by atoms with van der Waals surface area (Å²) in [4.78, 5) is 25.1. The highest BCUT2D eigenvalue weighted by atomic mass is 32.2. The molecule has 2 amide bonds. The van der Waals surface area contributed by atoms with Gasteiger partial charge in [-0.25, -0.2) is 8.42 Å². The van der Waals surface area contributed by atoms with Gasteiger partial charge in [-0.15, -0.1) is 0 Å². The molecule has 0 aromatic heterocycles. The Labute approximate surface area is 162 Å². The highest BCUT2D eigenvalue weighted by Crippen LogP contribution is 2.32. The van der Waals surface area contributed by atoms with Gasteiger partial charge in [0.2, 0.25) is 11.8 Å². The smallest absolute Gasteiger partial charge is 0.265 e. The second kappa shape index (κ2) is 7.70. The van der Waals surface area contributed by atoms with Crippen molar-refractivity contribution in [3.05, 3.63) is 48.0 Å². The van der Waals surface area contributed by atoms with Gasteiger partial charge in [0.1, 0.15) is 16.7 Å². The van der Waals surface area contributed by atoms with E-state index in [1.807, 2.05) is 6.07 Å². The molecular formula is C19H17N3O5S. The van der Waals surface area contributed by atoms with Gasteiger partial charge in [-0.05, 0) is 36.8 Å². The van der Waals surface area contributed by atoms with E-state index in [9.17, 15) is 18.0 Å². The third-order valence-corrected chi connectivity index (χ3v) is 5.65. The second-order valence-electron chi connectivity index (χ2n) is 6.07. The second-order valence-corrected chi connectivity index (χ2v) is 7.73. The normalized spacial score (nSPS) is 14.5. The Balaban J connectivity index is 2.06. The minimum absolute atomic E-state index is 0.0441. The largest absolute Gasteiger partial charge is 0.495 e. The van der Waals surface area contributed by atoms with Gasteiger partial charge < -0.3 is 4.74 Å². The first-order valence-electron chi connectivity index (χ1n) is 8.43. The van der Waals surface area contributed by atoms with Crippen LogP contribution in [0, 0.1) is 11.3 Å². The van der Waals surface area contributed by atoms with Crippen LogP contribution in [0.3, 0.4) is 0 Å². The molecule has 0 aliphatic carbocycles. The predicted molar refractivity (Wildman–Crippen MR) is 101 cm³/mol. The molecule has 1 fully saturated rings. The molecule has 0 radical (unpaired) electrons. The summed E-state index contributed by atoms with van der Waals surface area (Å²) in [6, 6.07) is 12.1. The molecule has 1 aliphatic heterocycles. The topological polar surface area (TPSA) is 117 Å². The fourth-order valence-electron chi connectivity index (χ4n) is 2.93. The van der Waals surface area contributed by atoms with Crippen LogP contribution in [0.4, 0.5) is 11.4 Å². The predicted octanol–water partition coefficient (Wildman–Crippen LogP) is 2.41. The first-order chi connectivity index (χ1) is 13.4. The van der Waals surface area contributed by atoms with Crippen molar-refractivity contribution in [2.45, 2.75) is 24.2 Å². The lowest BCUT2D eigenvalue weighted by molar-refractivity contribution is -0.129. The maximum atomic E-state index is 13.0. The Morgan fingerprint density at radius 3 is 2.43 bits per heavy atom. The number of para-hydroxylation sites is 1. The fourth-order valence-corrected chi connectivity index (χ4v) is 4.19. The Hall–Kier alpha value is -3.38. The molecule has 2 aromatic carbocycles. The van der Waals surface area contributed by atoms with E-state index in [1.54, 1.807) is 12.1 Å². The number of nitriles is 1. The molecule has 1 aliphatic rings. The number of ether oxygens (including phenoxy) is 1. The quantitative estimate of drug-likeness (QED) is 0.772. The molecule has 144 valence electrons. The molecule has 3 rings (SSSR count). The molecule has 1 heterocycles. The molecule has 28 heavy (non-hydrogen) atoms. The van der Waals surface area contributed by atoms with E-state index in [-0.39, 0.29) is 52.2 Å². The van der Waals surface area contributed by atoms with Crippen LogP contribution < -0.4 is 14.4 Å². The van der Waals surface area contributed by atoms with Crippen LogP contribution in [-0.4, -0.2) is 27.3 Å². The Morgan fingerprint density at radius 2 is 1.79 bits per heavy atom. The van der Waals surface area contributed by atoms with Gasteiger partial charge in [-0.3, -0.25) is 19.2 Å². The van der Waals surface area contributed by atoms with E-state index >= 15 is 0 Å². The summed E-state index contributed by atoms with van der Waals surface area (Å²) in [6.45, 7) is 0. The van der Waals surface area contributed by atoms with Crippen LogP contribution >= 0.6 is 0 Å². The number of benzene rings is 2. The van der Waals surface area contributed by atoms with Gasteiger partial charge in [0.05, 0.1) is 24.0 Å². The number of piperidine rings is 1. The van der Waals surface area contributed by atoms with Gasteiger partial charge in [-0.1, -0.05) is 12.1 Å². The summed E-state index contributed by atoms with van der Waals surface area (Å²) in [5.41, 5.74) is 0.426. The molecule has 0 bridgehead atoms. The Morgan fingerprint density at radius 1 is 1.11 bits per heavy atom. The number of rotatable bonds is 5. The summed E-state index contributed by atoms with van der Waals surface area (Å²) >= 11 is 0. The maximum Gasteiger partial charge on any atom is 0.265 e. The lowest BCUT2D eigenvalue weighted by Crippen LogP contribution is -2.40. The van der Waals surface area contributed by atoms with Crippen molar-refractivity contribution >= 4 is 33.2 Å². The van der Waals surface area contributed by atoms with E-state index in [1.165, 1.54) is 37.4 Å². The molecule has 1 N–H and O–H groups in total. The van der Waals surface area contributed by atoms with Crippen molar-refractivity contribution in [2.24, 2.45) is 0 Å². The van der Waals surface area contributed by atoms with Gasteiger partial charge in [0.15, 0.2) is 0 Å². The summed E-state index contributed by atoms with van der Waals surface area (Å²) < 4.78 is 33.4. The van der Waals surface area contributed by atoms with Crippen molar-refractivity contribution in [1.82, 2.24) is 0 Å². The number of imide groups is 1. The summed E-state index contributed by atoms with van der Waals surface area (Å²) in [5.74, 6) is -0.720. The number of sulfonamides is 1. The number of nitrogens with one attached hydrogen (secondary N) is 1. The number of hydrogen-bond donors (Lipinski definition) is 1. The molecule has 0 atom stereocenters. The zero-order valence-electron chi connectivity index (χ0n) is 15.0. The van der Waals surface area contributed by atoms with Crippen LogP contribution in [0.25, 0.3) is 0 Å². The zero-order valence-corrected chi connectivity index (χ0v) is 15.8. The summed E-state index contributed by atoms with van der Waals surface area (Å²) in [6.07, 6.45) is 0.906. The molecular weight excluding hydrogens is 382 g/mol. The lowest BCUT2D eigenvalue weighted by atomic mass is 10.1. The highest BCUT2D eigenvalue weighted by Gasteiger charge is 2.30. The van der Waals surface area contributed by atoms with Crippen LogP contribution in [0.2, 0.25) is 0 Å². The lowest BCUT2D eigenvalue weighted by Gasteiger charge is -2.25. The Bertz CT molecular complexity index is 1070. The van der Waals surface area contributed by atoms with E-state index in [0.29, 0.717) is 6.42 Å². The van der Waals surface area contributed by atoms with E-state index in [2.05, 4.69) is 4.72 Å². The van der Waals surface area contributed by atoms with Crippen molar-refractivity contribution < 1.29 is 22.7 Å². The molecule has 9 heteroatoms. The fraction of sp³-hybridized carbons (Fsp3) is 0.211. The highest BCUT2D eigenvalue weighted by molar-refractivity contribution is 7.92. The SMILES string of the molecule is COc1ccc(N2C(=O)CCCC2=O)cc1S(=O)(=O)Nc1ccccc1C#N. The summed E-state index contributed by atoms with van der Waals surface area (Å²) in [7, 11) is -2.85. The number of carbonyl (C=O) groups is 2. The third kappa shape index (κ3) is 3.68. The van der Waals surface area contributed by atoms with Crippen molar-refractivity contribution in [1.29, 1.82) is 5.26 Å². The number of carbonyl (C=O) groups excluding carboxylic acids is 2. The molecule has 0 saturated carbocycles.